The molecule has 1 aliphatic heterocycles. The maximum absolute atomic E-state index is 10.4. The molecule has 0 amide bonds. The molecule has 0 saturated heterocycles. The zero-order valence-corrected chi connectivity index (χ0v) is 8.94. The van der Waals surface area contributed by atoms with Crippen LogP contribution in [0, 0.1) is 0 Å². The Morgan fingerprint density at radius 2 is 2.00 bits per heavy atom. The van der Waals surface area contributed by atoms with Crippen molar-refractivity contribution in [1.29, 1.82) is 0 Å². The molecular weight excluding hydrogens is 188 g/mol. The van der Waals surface area contributed by atoms with Crippen molar-refractivity contribution in [3.63, 3.8) is 0 Å². The third-order valence-corrected chi connectivity index (χ3v) is 2.75. The predicted molar refractivity (Wildman–Crippen MR) is 59.3 cm³/mol. The van der Waals surface area contributed by atoms with E-state index < -0.39 is 5.60 Å². The van der Waals surface area contributed by atoms with Crippen LogP contribution in [0.3, 0.4) is 0 Å². The van der Waals surface area contributed by atoms with Gasteiger partial charge in [0.2, 0.25) is 0 Å². The first-order chi connectivity index (χ1) is 7.21. The molecule has 80 valence electrons. The third-order valence-electron chi connectivity index (χ3n) is 2.75. The van der Waals surface area contributed by atoms with Gasteiger partial charge in [0, 0.05) is 0 Å². The Balaban J connectivity index is 2.30. The number of benzene rings is 1. The first kappa shape index (κ1) is 10.2. The number of aliphatic hydroxyl groups is 1. The number of rotatable bonds is 2. The fourth-order valence-corrected chi connectivity index (χ4v) is 1.80. The molecule has 0 aliphatic carbocycles. The van der Waals surface area contributed by atoms with E-state index in [0.29, 0.717) is 12.4 Å². The minimum Gasteiger partial charge on any atom is -0.495 e. The van der Waals surface area contributed by atoms with Gasteiger partial charge in [-0.1, -0.05) is 30.3 Å². The van der Waals surface area contributed by atoms with Crippen LogP contribution in [-0.4, -0.2) is 11.7 Å². The van der Waals surface area contributed by atoms with Crippen LogP contribution < -0.4 is 0 Å². The highest BCUT2D eigenvalue weighted by Gasteiger charge is 2.30. The largest absolute Gasteiger partial charge is 0.495 e. The van der Waals surface area contributed by atoms with Crippen LogP contribution in [0.5, 0.6) is 0 Å². The second kappa shape index (κ2) is 4.07. The highest BCUT2D eigenvalue weighted by Crippen LogP contribution is 2.31. The SMILES string of the molecule is CC(O)(C1=CCCCO1)c1ccccc1. The fourth-order valence-electron chi connectivity index (χ4n) is 1.80. The molecule has 0 radical (unpaired) electrons. The summed E-state index contributed by atoms with van der Waals surface area (Å²) in [6.07, 6.45) is 4.00. The van der Waals surface area contributed by atoms with Crippen molar-refractivity contribution in [2.45, 2.75) is 25.4 Å². The third kappa shape index (κ3) is 2.05. The highest BCUT2D eigenvalue weighted by atomic mass is 16.5. The molecule has 1 aliphatic rings. The fraction of sp³-hybridized carbons (Fsp3) is 0.385. The highest BCUT2D eigenvalue weighted by molar-refractivity contribution is 5.29. The summed E-state index contributed by atoms with van der Waals surface area (Å²) in [5.41, 5.74) is -0.125. The number of ether oxygens (including phenoxy) is 1. The lowest BCUT2D eigenvalue weighted by Gasteiger charge is -2.29. The number of hydrogen-bond acceptors (Lipinski definition) is 2. The molecule has 1 aromatic carbocycles. The Labute approximate surface area is 90.2 Å². The topological polar surface area (TPSA) is 29.5 Å². The monoisotopic (exact) mass is 204 g/mol. The average molecular weight is 204 g/mol. The van der Waals surface area contributed by atoms with Gasteiger partial charge in [-0.2, -0.15) is 0 Å². The van der Waals surface area contributed by atoms with Crippen LogP contribution in [0.1, 0.15) is 25.3 Å². The van der Waals surface area contributed by atoms with Gasteiger partial charge in [-0.05, 0) is 31.4 Å². The van der Waals surface area contributed by atoms with E-state index in [4.69, 9.17) is 4.74 Å². The Hall–Kier alpha value is -1.28. The molecule has 1 N–H and O–H groups in total. The first-order valence-corrected chi connectivity index (χ1v) is 5.32. The average Bonchev–Trinajstić information content (AvgIpc) is 2.31. The van der Waals surface area contributed by atoms with E-state index in [1.54, 1.807) is 6.92 Å². The zero-order valence-electron chi connectivity index (χ0n) is 8.94. The van der Waals surface area contributed by atoms with E-state index in [-0.39, 0.29) is 0 Å². The van der Waals surface area contributed by atoms with Gasteiger partial charge in [0.1, 0.15) is 11.4 Å². The summed E-state index contributed by atoms with van der Waals surface area (Å²) < 4.78 is 5.51. The van der Waals surface area contributed by atoms with E-state index in [0.717, 1.165) is 18.4 Å². The standard InChI is InChI=1S/C13H16O2/c1-13(14,11-7-3-2-4-8-11)12-9-5-6-10-15-12/h2-4,7-9,14H,5-6,10H2,1H3. The normalized spacial score (nSPS) is 20.0. The van der Waals surface area contributed by atoms with Gasteiger partial charge in [0.25, 0.3) is 0 Å². The summed E-state index contributed by atoms with van der Waals surface area (Å²) >= 11 is 0. The molecule has 0 bridgehead atoms. The van der Waals surface area contributed by atoms with Crippen LogP contribution >= 0.6 is 0 Å². The molecule has 2 heteroatoms. The van der Waals surface area contributed by atoms with Gasteiger partial charge in [-0.25, -0.2) is 0 Å². The van der Waals surface area contributed by atoms with Gasteiger partial charge < -0.3 is 9.84 Å². The van der Waals surface area contributed by atoms with Gasteiger partial charge >= 0.3 is 0 Å². The molecule has 1 aromatic rings. The predicted octanol–water partition coefficient (Wildman–Crippen LogP) is 2.59. The quantitative estimate of drug-likeness (QED) is 0.802. The summed E-state index contributed by atoms with van der Waals surface area (Å²) in [6.45, 7) is 2.48. The van der Waals surface area contributed by atoms with E-state index in [1.165, 1.54) is 0 Å². The van der Waals surface area contributed by atoms with Gasteiger partial charge in [-0.15, -0.1) is 0 Å². The van der Waals surface area contributed by atoms with Crippen LogP contribution in [0.2, 0.25) is 0 Å². The van der Waals surface area contributed by atoms with Crippen LogP contribution in [-0.2, 0) is 10.3 Å². The minimum atomic E-state index is -0.998. The van der Waals surface area contributed by atoms with Crippen molar-refractivity contribution in [1.82, 2.24) is 0 Å². The van der Waals surface area contributed by atoms with E-state index in [9.17, 15) is 5.11 Å². The maximum Gasteiger partial charge on any atom is 0.143 e. The van der Waals surface area contributed by atoms with Crippen molar-refractivity contribution in [3.8, 4) is 0 Å². The molecule has 0 fully saturated rings. The number of hydrogen-bond donors (Lipinski definition) is 1. The smallest absolute Gasteiger partial charge is 0.143 e. The van der Waals surface area contributed by atoms with Crippen LogP contribution in [0.25, 0.3) is 0 Å². The Bertz CT molecular complexity index is 352. The molecule has 1 atom stereocenters. The minimum absolute atomic E-state index is 0.681. The van der Waals surface area contributed by atoms with Crippen LogP contribution in [0.15, 0.2) is 42.2 Å². The van der Waals surface area contributed by atoms with Crippen molar-refractivity contribution in [2.75, 3.05) is 6.61 Å². The first-order valence-electron chi connectivity index (χ1n) is 5.32. The maximum atomic E-state index is 10.4. The van der Waals surface area contributed by atoms with E-state index in [2.05, 4.69) is 0 Å². The molecular formula is C13H16O2. The second-order valence-electron chi connectivity index (χ2n) is 4.00. The second-order valence-corrected chi connectivity index (χ2v) is 4.00. The summed E-state index contributed by atoms with van der Waals surface area (Å²) in [5, 5.41) is 10.4. The molecule has 0 spiro atoms. The Morgan fingerprint density at radius 1 is 1.27 bits per heavy atom. The van der Waals surface area contributed by atoms with Crippen LogP contribution in [0.4, 0.5) is 0 Å². The molecule has 0 saturated carbocycles. The Kier molecular flexibility index (Phi) is 2.78. The summed E-state index contributed by atoms with van der Waals surface area (Å²) in [6, 6.07) is 9.62. The summed E-state index contributed by atoms with van der Waals surface area (Å²) in [5.74, 6) is 0.681. The summed E-state index contributed by atoms with van der Waals surface area (Å²) in [4.78, 5) is 0. The molecule has 2 rings (SSSR count). The lowest BCUT2D eigenvalue weighted by Crippen LogP contribution is -2.27. The zero-order chi connectivity index (χ0) is 10.7. The molecule has 15 heavy (non-hydrogen) atoms. The molecule has 2 nitrogen and oxygen atoms in total. The van der Waals surface area contributed by atoms with Crippen molar-refractivity contribution >= 4 is 0 Å². The Morgan fingerprint density at radius 3 is 2.60 bits per heavy atom. The summed E-state index contributed by atoms with van der Waals surface area (Å²) in [7, 11) is 0. The van der Waals surface area contributed by atoms with Gasteiger partial charge in [-0.3, -0.25) is 0 Å². The molecule has 1 unspecified atom stereocenters. The molecule has 0 aromatic heterocycles. The lowest BCUT2D eigenvalue weighted by atomic mass is 9.92. The van der Waals surface area contributed by atoms with Crippen molar-refractivity contribution < 1.29 is 9.84 Å². The van der Waals surface area contributed by atoms with Gasteiger partial charge in [0.05, 0.1) is 6.61 Å². The van der Waals surface area contributed by atoms with E-state index >= 15 is 0 Å². The van der Waals surface area contributed by atoms with Gasteiger partial charge in [0.15, 0.2) is 0 Å². The molecule has 1 heterocycles. The van der Waals surface area contributed by atoms with Crippen molar-refractivity contribution in [2.24, 2.45) is 0 Å². The lowest BCUT2D eigenvalue weighted by molar-refractivity contribution is 0.0150. The van der Waals surface area contributed by atoms with E-state index in [1.807, 2.05) is 36.4 Å². The van der Waals surface area contributed by atoms with Crippen molar-refractivity contribution in [3.05, 3.63) is 47.7 Å². The number of allylic oxidation sites excluding steroid dienone is 1.